The molecular weight excluding hydrogens is 180 g/mol. The van der Waals surface area contributed by atoms with Gasteiger partial charge in [0.15, 0.2) is 0 Å². The lowest BCUT2D eigenvalue weighted by molar-refractivity contribution is -0.0919. The van der Waals surface area contributed by atoms with Crippen LogP contribution in [-0.2, 0) is 9.47 Å². The van der Waals surface area contributed by atoms with Gasteiger partial charge in [0.1, 0.15) is 6.10 Å². The molecule has 0 aliphatic carbocycles. The van der Waals surface area contributed by atoms with Crippen LogP contribution in [0.5, 0.6) is 0 Å². The van der Waals surface area contributed by atoms with E-state index < -0.39 is 0 Å². The van der Waals surface area contributed by atoms with Crippen molar-refractivity contribution in [2.45, 2.75) is 20.0 Å². The number of nitrogens with zero attached hydrogens (tertiary/aromatic N) is 2. The summed E-state index contributed by atoms with van der Waals surface area (Å²) in [4.78, 5) is 8.68. The molecule has 0 N–H and O–H groups in total. The van der Waals surface area contributed by atoms with Crippen molar-refractivity contribution in [3.63, 3.8) is 0 Å². The smallest absolute Gasteiger partial charge is 0.124 e. The number of rotatable bonds is 1. The number of ether oxygens (including phenoxy) is 2. The van der Waals surface area contributed by atoms with Crippen LogP contribution in [0.2, 0.25) is 0 Å². The van der Waals surface area contributed by atoms with Gasteiger partial charge in [0.2, 0.25) is 0 Å². The first-order valence-electron chi connectivity index (χ1n) is 4.77. The molecule has 1 unspecified atom stereocenters. The highest BCUT2D eigenvalue weighted by Crippen LogP contribution is 2.18. The van der Waals surface area contributed by atoms with Crippen molar-refractivity contribution >= 4 is 0 Å². The second-order valence-corrected chi connectivity index (χ2v) is 3.40. The summed E-state index contributed by atoms with van der Waals surface area (Å²) in [6, 6.07) is 0. The average Bonchev–Trinajstić information content (AvgIpc) is 2.23. The van der Waals surface area contributed by atoms with E-state index in [4.69, 9.17) is 9.47 Å². The van der Waals surface area contributed by atoms with Crippen molar-refractivity contribution in [3.05, 3.63) is 23.3 Å². The zero-order valence-corrected chi connectivity index (χ0v) is 8.49. The molecule has 2 heterocycles. The minimum absolute atomic E-state index is 0.0458. The van der Waals surface area contributed by atoms with Crippen LogP contribution in [0.1, 0.15) is 23.2 Å². The van der Waals surface area contributed by atoms with Crippen molar-refractivity contribution in [1.29, 1.82) is 0 Å². The maximum absolute atomic E-state index is 5.53. The second-order valence-electron chi connectivity index (χ2n) is 3.40. The summed E-state index contributed by atoms with van der Waals surface area (Å²) in [6.07, 6.45) is 1.72. The van der Waals surface area contributed by atoms with Crippen LogP contribution in [0.25, 0.3) is 0 Å². The van der Waals surface area contributed by atoms with Gasteiger partial charge in [-0.2, -0.15) is 0 Å². The molecule has 2 rings (SSSR count). The fourth-order valence-corrected chi connectivity index (χ4v) is 1.37. The molecule has 0 spiro atoms. The van der Waals surface area contributed by atoms with Crippen molar-refractivity contribution in [3.8, 4) is 0 Å². The first-order chi connectivity index (χ1) is 6.77. The van der Waals surface area contributed by atoms with Gasteiger partial charge in [-0.15, -0.1) is 0 Å². The molecule has 1 aliphatic rings. The van der Waals surface area contributed by atoms with E-state index in [1.165, 1.54) is 0 Å². The largest absolute Gasteiger partial charge is 0.376 e. The fraction of sp³-hybridized carbons (Fsp3) is 0.600. The van der Waals surface area contributed by atoms with Crippen molar-refractivity contribution < 1.29 is 9.47 Å². The van der Waals surface area contributed by atoms with Crippen LogP contribution in [0.4, 0.5) is 0 Å². The third-order valence-corrected chi connectivity index (χ3v) is 2.36. The Morgan fingerprint density at radius 1 is 1.29 bits per heavy atom. The Hall–Kier alpha value is -1.00. The monoisotopic (exact) mass is 194 g/mol. The number of hydrogen-bond donors (Lipinski definition) is 0. The molecule has 1 aromatic heterocycles. The highest BCUT2D eigenvalue weighted by atomic mass is 16.6. The van der Waals surface area contributed by atoms with Crippen molar-refractivity contribution in [1.82, 2.24) is 9.97 Å². The predicted octanol–water partition coefficient (Wildman–Crippen LogP) is 1.18. The van der Waals surface area contributed by atoms with Gasteiger partial charge in [0, 0.05) is 0 Å². The Balaban J connectivity index is 2.18. The first kappa shape index (κ1) is 9.55. The third kappa shape index (κ3) is 1.91. The van der Waals surface area contributed by atoms with Gasteiger partial charge >= 0.3 is 0 Å². The first-order valence-corrected chi connectivity index (χ1v) is 4.77. The molecule has 0 saturated carbocycles. The number of hydrogen-bond acceptors (Lipinski definition) is 4. The van der Waals surface area contributed by atoms with Crippen molar-refractivity contribution in [2.75, 3.05) is 19.8 Å². The van der Waals surface area contributed by atoms with E-state index in [1.807, 2.05) is 13.8 Å². The summed E-state index contributed by atoms with van der Waals surface area (Å²) in [6.45, 7) is 5.80. The highest BCUT2D eigenvalue weighted by molar-refractivity contribution is 5.12. The molecule has 1 saturated heterocycles. The Kier molecular flexibility index (Phi) is 2.74. The zero-order valence-electron chi connectivity index (χ0n) is 8.49. The normalized spacial score (nSPS) is 22.3. The molecule has 0 aromatic carbocycles. The minimum atomic E-state index is -0.0458. The summed E-state index contributed by atoms with van der Waals surface area (Å²) in [5.41, 5.74) is 2.79. The maximum atomic E-state index is 5.53. The molecule has 0 bridgehead atoms. The van der Waals surface area contributed by atoms with Gasteiger partial charge in [0.05, 0.1) is 43.1 Å². The van der Waals surface area contributed by atoms with Gasteiger partial charge in [-0.3, -0.25) is 9.97 Å². The summed E-state index contributed by atoms with van der Waals surface area (Å²) in [7, 11) is 0. The summed E-state index contributed by atoms with van der Waals surface area (Å²) in [5.74, 6) is 0. The van der Waals surface area contributed by atoms with Crippen LogP contribution < -0.4 is 0 Å². The molecular formula is C10H14N2O2. The quantitative estimate of drug-likeness (QED) is 0.673. The summed E-state index contributed by atoms with van der Waals surface area (Å²) < 4.78 is 10.8. The van der Waals surface area contributed by atoms with Crippen molar-refractivity contribution in [2.24, 2.45) is 0 Å². The minimum Gasteiger partial charge on any atom is -0.376 e. The van der Waals surface area contributed by atoms with Crippen LogP contribution in [0, 0.1) is 13.8 Å². The molecule has 0 amide bonds. The second kappa shape index (κ2) is 4.02. The van der Waals surface area contributed by atoms with E-state index in [9.17, 15) is 0 Å². The molecule has 14 heavy (non-hydrogen) atoms. The van der Waals surface area contributed by atoms with E-state index in [0.717, 1.165) is 17.1 Å². The molecule has 1 fully saturated rings. The average molecular weight is 194 g/mol. The molecule has 4 heteroatoms. The number of aryl methyl sites for hydroxylation is 2. The Bertz CT molecular complexity index is 322. The SMILES string of the molecule is Cc1ncc(C2COCCO2)nc1C. The van der Waals surface area contributed by atoms with Gasteiger partial charge in [-0.05, 0) is 13.8 Å². The van der Waals surface area contributed by atoms with Crippen LogP contribution in [0.3, 0.4) is 0 Å². The van der Waals surface area contributed by atoms with Crippen LogP contribution in [-0.4, -0.2) is 29.8 Å². The molecule has 4 nitrogen and oxygen atoms in total. The van der Waals surface area contributed by atoms with Gasteiger partial charge < -0.3 is 9.47 Å². The van der Waals surface area contributed by atoms with Crippen LogP contribution >= 0.6 is 0 Å². The van der Waals surface area contributed by atoms with E-state index in [2.05, 4.69) is 9.97 Å². The third-order valence-electron chi connectivity index (χ3n) is 2.36. The molecule has 76 valence electrons. The Morgan fingerprint density at radius 2 is 2.14 bits per heavy atom. The van der Waals surface area contributed by atoms with Crippen LogP contribution in [0.15, 0.2) is 6.20 Å². The highest BCUT2D eigenvalue weighted by Gasteiger charge is 2.18. The molecule has 1 atom stereocenters. The molecule has 1 aromatic rings. The topological polar surface area (TPSA) is 44.2 Å². The fourth-order valence-electron chi connectivity index (χ4n) is 1.37. The predicted molar refractivity (Wildman–Crippen MR) is 51.0 cm³/mol. The van der Waals surface area contributed by atoms with Gasteiger partial charge in [0.25, 0.3) is 0 Å². The summed E-state index contributed by atoms with van der Waals surface area (Å²) in [5, 5.41) is 0. The lowest BCUT2D eigenvalue weighted by Gasteiger charge is -2.22. The zero-order chi connectivity index (χ0) is 9.97. The van der Waals surface area contributed by atoms with E-state index in [-0.39, 0.29) is 6.10 Å². The lowest BCUT2D eigenvalue weighted by Crippen LogP contribution is -2.23. The summed E-state index contributed by atoms with van der Waals surface area (Å²) >= 11 is 0. The maximum Gasteiger partial charge on any atom is 0.124 e. The Labute approximate surface area is 83.3 Å². The van der Waals surface area contributed by atoms with E-state index in [0.29, 0.717) is 19.8 Å². The lowest BCUT2D eigenvalue weighted by atomic mass is 10.2. The van der Waals surface area contributed by atoms with Gasteiger partial charge in [-0.25, -0.2) is 0 Å². The molecule has 0 radical (unpaired) electrons. The molecule has 1 aliphatic heterocycles. The van der Waals surface area contributed by atoms with E-state index in [1.54, 1.807) is 6.20 Å². The Morgan fingerprint density at radius 3 is 2.79 bits per heavy atom. The van der Waals surface area contributed by atoms with Gasteiger partial charge in [-0.1, -0.05) is 0 Å². The number of aromatic nitrogens is 2. The standard InChI is InChI=1S/C10H14N2O2/c1-7-8(2)12-9(5-11-7)10-6-13-3-4-14-10/h5,10H,3-4,6H2,1-2H3. The van der Waals surface area contributed by atoms with E-state index >= 15 is 0 Å².